The van der Waals surface area contributed by atoms with Gasteiger partial charge < -0.3 is 9.52 Å². The molecule has 5 nitrogen and oxygen atoms in total. The van der Waals surface area contributed by atoms with Crippen LogP contribution in [0.15, 0.2) is 39.7 Å². The molecule has 5 heteroatoms. The van der Waals surface area contributed by atoms with Gasteiger partial charge in [-0.3, -0.25) is 14.6 Å². The Balaban J connectivity index is 1.58. The second-order valence-corrected chi connectivity index (χ2v) is 6.86. The van der Waals surface area contributed by atoms with Crippen molar-refractivity contribution in [3.63, 3.8) is 0 Å². The van der Waals surface area contributed by atoms with E-state index in [2.05, 4.69) is 16.7 Å². The molecule has 2 aliphatic heterocycles. The van der Waals surface area contributed by atoms with E-state index in [-0.39, 0.29) is 11.5 Å². The molecule has 2 saturated heterocycles. The number of benzene rings is 1. The zero-order valence-electron chi connectivity index (χ0n) is 13.3. The van der Waals surface area contributed by atoms with Crippen LogP contribution < -0.4 is 5.43 Å². The van der Waals surface area contributed by atoms with Crippen LogP contribution in [0.5, 0.6) is 0 Å². The second kappa shape index (κ2) is 5.74. The molecule has 0 radical (unpaired) electrons. The standard InChI is InChI=1S/C18H22N2O3/c1-12-7-20-10-15(21)6-14(20)9-19(12)8-13-11-23-17-5-3-2-4-16(17)18(13)22/h2-5,11-12,14-15,21H,6-10H2,1H3/t12-,14+,15-/m1/s1. The zero-order chi connectivity index (χ0) is 16.0. The topological polar surface area (TPSA) is 56.9 Å². The third-order valence-corrected chi connectivity index (χ3v) is 5.20. The summed E-state index contributed by atoms with van der Waals surface area (Å²) in [6.07, 6.45) is 2.22. The smallest absolute Gasteiger partial charge is 0.197 e. The summed E-state index contributed by atoms with van der Waals surface area (Å²) in [6.45, 7) is 5.41. The van der Waals surface area contributed by atoms with E-state index >= 15 is 0 Å². The van der Waals surface area contributed by atoms with Crippen LogP contribution in [0.1, 0.15) is 18.9 Å². The Labute approximate surface area is 135 Å². The number of hydrogen-bond acceptors (Lipinski definition) is 5. The molecule has 23 heavy (non-hydrogen) atoms. The van der Waals surface area contributed by atoms with Crippen molar-refractivity contribution in [1.29, 1.82) is 0 Å². The summed E-state index contributed by atoms with van der Waals surface area (Å²) < 4.78 is 5.63. The highest BCUT2D eigenvalue weighted by molar-refractivity contribution is 5.76. The molecule has 2 aromatic rings. The predicted octanol–water partition coefficient (Wildman–Crippen LogP) is 1.43. The molecule has 4 rings (SSSR count). The Kier molecular flexibility index (Phi) is 3.71. The summed E-state index contributed by atoms with van der Waals surface area (Å²) >= 11 is 0. The summed E-state index contributed by atoms with van der Waals surface area (Å²) in [5.41, 5.74) is 1.41. The van der Waals surface area contributed by atoms with Gasteiger partial charge in [0.1, 0.15) is 5.58 Å². The molecular formula is C18H22N2O3. The lowest BCUT2D eigenvalue weighted by Gasteiger charge is -2.42. The van der Waals surface area contributed by atoms with Gasteiger partial charge >= 0.3 is 0 Å². The van der Waals surface area contributed by atoms with Crippen LogP contribution in [0, 0.1) is 0 Å². The van der Waals surface area contributed by atoms with Gasteiger partial charge in [0.15, 0.2) is 5.43 Å². The van der Waals surface area contributed by atoms with Crippen molar-refractivity contribution >= 4 is 11.0 Å². The maximum atomic E-state index is 12.7. The van der Waals surface area contributed by atoms with Gasteiger partial charge in [0.25, 0.3) is 0 Å². The molecule has 1 aromatic heterocycles. The zero-order valence-corrected chi connectivity index (χ0v) is 13.3. The van der Waals surface area contributed by atoms with Crippen molar-refractivity contribution in [2.75, 3.05) is 19.6 Å². The molecule has 0 saturated carbocycles. The summed E-state index contributed by atoms with van der Waals surface area (Å²) in [4.78, 5) is 17.4. The van der Waals surface area contributed by atoms with Crippen LogP contribution in [-0.4, -0.2) is 52.7 Å². The molecule has 0 amide bonds. The quantitative estimate of drug-likeness (QED) is 0.909. The van der Waals surface area contributed by atoms with E-state index in [0.29, 0.717) is 35.2 Å². The fraction of sp³-hybridized carbons (Fsp3) is 0.500. The van der Waals surface area contributed by atoms with Crippen molar-refractivity contribution in [2.24, 2.45) is 0 Å². The number of aliphatic hydroxyl groups is 1. The molecule has 0 aliphatic carbocycles. The highest BCUT2D eigenvalue weighted by Gasteiger charge is 2.38. The Morgan fingerprint density at radius 2 is 2.09 bits per heavy atom. The monoisotopic (exact) mass is 314 g/mol. The van der Waals surface area contributed by atoms with Crippen molar-refractivity contribution in [3.05, 3.63) is 46.3 Å². The average molecular weight is 314 g/mol. The minimum absolute atomic E-state index is 0.0629. The van der Waals surface area contributed by atoms with Crippen molar-refractivity contribution in [3.8, 4) is 0 Å². The number of aliphatic hydroxyl groups excluding tert-OH is 1. The number of hydrogen-bond donors (Lipinski definition) is 1. The van der Waals surface area contributed by atoms with Gasteiger partial charge in [-0.1, -0.05) is 12.1 Å². The van der Waals surface area contributed by atoms with Crippen LogP contribution in [0.3, 0.4) is 0 Å². The first-order chi connectivity index (χ1) is 11.1. The molecule has 3 atom stereocenters. The van der Waals surface area contributed by atoms with Crippen LogP contribution in [0.4, 0.5) is 0 Å². The molecule has 2 fully saturated rings. The number of piperazine rings is 1. The van der Waals surface area contributed by atoms with Gasteiger partial charge in [-0.25, -0.2) is 0 Å². The van der Waals surface area contributed by atoms with Crippen LogP contribution in [0.2, 0.25) is 0 Å². The van der Waals surface area contributed by atoms with Gasteiger partial charge in [-0.05, 0) is 25.5 Å². The molecular weight excluding hydrogens is 292 g/mol. The van der Waals surface area contributed by atoms with E-state index in [1.807, 2.05) is 24.3 Å². The first kappa shape index (κ1) is 14.9. The number of fused-ring (bicyclic) bond motifs is 2. The number of nitrogens with zero attached hydrogens (tertiary/aromatic N) is 2. The Hall–Kier alpha value is -1.69. The molecule has 0 unspecified atom stereocenters. The molecule has 2 aliphatic rings. The fourth-order valence-electron chi connectivity index (χ4n) is 3.94. The summed E-state index contributed by atoms with van der Waals surface area (Å²) in [5.74, 6) is 0. The maximum Gasteiger partial charge on any atom is 0.197 e. The highest BCUT2D eigenvalue weighted by atomic mass is 16.3. The van der Waals surface area contributed by atoms with E-state index < -0.39 is 0 Å². The highest BCUT2D eigenvalue weighted by Crippen LogP contribution is 2.26. The first-order valence-electron chi connectivity index (χ1n) is 8.27. The van der Waals surface area contributed by atoms with Gasteiger partial charge in [0.2, 0.25) is 0 Å². The molecule has 1 N–H and O–H groups in total. The van der Waals surface area contributed by atoms with Crippen molar-refractivity contribution in [2.45, 2.75) is 38.1 Å². The molecule has 0 bridgehead atoms. The van der Waals surface area contributed by atoms with Crippen LogP contribution in [-0.2, 0) is 6.54 Å². The largest absolute Gasteiger partial charge is 0.464 e. The van der Waals surface area contributed by atoms with Crippen LogP contribution in [0.25, 0.3) is 11.0 Å². The molecule has 1 aromatic carbocycles. The Morgan fingerprint density at radius 3 is 2.96 bits per heavy atom. The van der Waals surface area contributed by atoms with E-state index in [1.165, 1.54) is 0 Å². The third kappa shape index (κ3) is 2.69. The maximum absolute atomic E-state index is 12.7. The third-order valence-electron chi connectivity index (χ3n) is 5.20. The van der Waals surface area contributed by atoms with E-state index in [9.17, 15) is 9.90 Å². The minimum atomic E-state index is -0.210. The van der Waals surface area contributed by atoms with Crippen molar-refractivity contribution < 1.29 is 9.52 Å². The molecule has 0 spiro atoms. The lowest BCUT2D eigenvalue weighted by Crippen LogP contribution is -2.54. The first-order valence-corrected chi connectivity index (χ1v) is 8.27. The van der Waals surface area contributed by atoms with E-state index in [0.717, 1.165) is 26.1 Å². The van der Waals surface area contributed by atoms with E-state index in [4.69, 9.17) is 4.42 Å². The van der Waals surface area contributed by atoms with Gasteiger partial charge in [0, 0.05) is 43.8 Å². The lowest BCUT2D eigenvalue weighted by atomic mass is 10.1. The normalized spacial score (nSPS) is 29.0. The van der Waals surface area contributed by atoms with Gasteiger partial charge in [-0.15, -0.1) is 0 Å². The number of rotatable bonds is 2. The predicted molar refractivity (Wildman–Crippen MR) is 88.3 cm³/mol. The summed E-state index contributed by atoms with van der Waals surface area (Å²) in [7, 11) is 0. The van der Waals surface area contributed by atoms with Gasteiger partial charge in [0.05, 0.1) is 17.8 Å². The van der Waals surface area contributed by atoms with Crippen LogP contribution >= 0.6 is 0 Å². The molecule has 3 heterocycles. The Morgan fingerprint density at radius 1 is 1.26 bits per heavy atom. The van der Waals surface area contributed by atoms with Crippen molar-refractivity contribution in [1.82, 2.24) is 9.80 Å². The SMILES string of the molecule is C[C@@H]1CN2C[C@H](O)C[C@H]2CN1Cc1coc2ccccc2c1=O. The lowest BCUT2D eigenvalue weighted by molar-refractivity contribution is 0.0523. The summed E-state index contributed by atoms with van der Waals surface area (Å²) in [5, 5.41) is 10.5. The number of para-hydroxylation sites is 1. The summed E-state index contributed by atoms with van der Waals surface area (Å²) in [6, 6.07) is 8.14. The Bertz CT molecular complexity index is 772. The van der Waals surface area contributed by atoms with E-state index in [1.54, 1.807) is 6.26 Å². The van der Waals surface area contributed by atoms with Gasteiger partial charge in [-0.2, -0.15) is 0 Å². The fourth-order valence-corrected chi connectivity index (χ4v) is 3.94. The second-order valence-electron chi connectivity index (χ2n) is 6.86. The average Bonchev–Trinajstić information content (AvgIpc) is 2.89. The molecule has 122 valence electrons. The minimum Gasteiger partial charge on any atom is -0.464 e.